The first-order valence-corrected chi connectivity index (χ1v) is 5.47. The molecule has 3 N–H and O–H groups in total. The van der Waals surface area contributed by atoms with E-state index in [0.717, 1.165) is 5.56 Å². The van der Waals surface area contributed by atoms with Crippen molar-refractivity contribution in [3.05, 3.63) is 35.9 Å². The normalized spacial score (nSPS) is 31.6. The first kappa shape index (κ1) is 11.5. The molecule has 0 radical (unpaired) electrons. The number of nitrogens with zero attached hydrogens (tertiary/aromatic N) is 1. The van der Waals surface area contributed by atoms with Crippen molar-refractivity contribution < 1.29 is 15.3 Å². The van der Waals surface area contributed by atoms with Crippen LogP contribution < -0.4 is 0 Å². The molecule has 1 fully saturated rings. The van der Waals surface area contributed by atoms with Crippen LogP contribution in [0.4, 0.5) is 0 Å². The number of aliphatic hydroxyl groups excluding tert-OH is 3. The summed E-state index contributed by atoms with van der Waals surface area (Å²) < 4.78 is 0. The molecule has 1 aliphatic heterocycles. The van der Waals surface area contributed by atoms with Gasteiger partial charge in [-0.05, 0) is 5.56 Å². The van der Waals surface area contributed by atoms with E-state index in [1.165, 1.54) is 0 Å². The predicted octanol–water partition coefficient (Wildman–Crippen LogP) is -0.415. The minimum atomic E-state index is -1.02. The highest BCUT2D eigenvalue weighted by atomic mass is 16.4. The molecule has 0 spiro atoms. The Kier molecular flexibility index (Phi) is 3.56. The van der Waals surface area contributed by atoms with Gasteiger partial charge in [0.05, 0.1) is 12.2 Å². The van der Waals surface area contributed by atoms with Gasteiger partial charge in [0, 0.05) is 19.6 Å². The summed E-state index contributed by atoms with van der Waals surface area (Å²) in [7, 11) is 0. The SMILES string of the molecule is OC1CN(Cc2ccccc2)CC(O)C1O. The van der Waals surface area contributed by atoms with Gasteiger partial charge >= 0.3 is 0 Å². The van der Waals surface area contributed by atoms with Gasteiger partial charge in [-0.2, -0.15) is 0 Å². The van der Waals surface area contributed by atoms with Crippen molar-refractivity contribution in [2.24, 2.45) is 0 Å². The highest BCUT2D eigenvalue weighted by Crippen LogP contribution is 2.14. The van der Waals surface area contributed by atoms with Gasteiger partial charge < -0.3 is 15.3 Å². The number of benzene rings is 1. The zero-order valence-electron chi connectivity index (χ0n) is 9.03. The Labute approximate surface area is 94.8 Å². The maximum Gasteiger partial charge on any atom is 0.108 e. The summed E-state index contributed by atoms with van der Waals surface area (Å²) >= 11 is 0. The van der Waals surface area contributed by atoms with Crippen molar-refractivity contribution in [2.45, 2.75) is 24.9 Å². The summed E-state index contributed by atoms with van der Waals surface area (Å²) in [6.07, 6.45) is -2.76. The van der Waals surface area contributed by atoms with Gasteiger partial charge in [-0.15, -0.1) is 0 Å². The number of piperidine rings is 1. The maximum absolute atomic E-state index is 9.54. The fraction of sp³-hybridized carbons (Fsp3) is 0.500. The summed E-state index contributed by atoms with van der Waals surface area (Å²) in [4.78, 5) is 1.94. The quantitative estimate of drug-likeness (QED) is 0.637. The lowest BCUT2D eigenvalue weighted by atomic mass is 10.0. The predicted molar refractivity (Wildman–Crippen MR) is 59.7 cm³/mol. The zero-order chi connectivity index (χ0) is 11.5. The molecule has 1 aromatic carbocycles. The summed E-state index contributed by atoms with van der Waals surface area (Å²) in [5.74, 6) is 0. The average molecular weight is 223 g/mol. The smallest absolute Gasteiger partial charge is 0.108 e. The van der Waals surface area contributed by atoms with Crippen LogP contribution in [0.3, 0.4) is 0 Å². The van der Waals surface area contributed by atoms with Gasteiger partial charge in [0.15, 0.2) is 0 Å². The van der Waals surface area contributed by atoms with Crippen LogP contribution in [-0.2, 0) is 6.54 Å². The highest BCUT2D eigenvalue weighted by Gasteiger charge is 2.33. The minimum Gasteiger partial charge on any atom is -0.389 e. The number of hydrogen-bond acceptors (Lipinski definition) is 4. The molecule has 0 aromatic heterocycles. The van der Waals surface area contributed by atoms with Gasteiger partial charge in [-0.3, -0.25) is 4.90 Å². The van der Waals surface area contributed by atoms with Crippen LogP contribution in [0.15, 0.2) is 30.3 Å². The second-order valence-electron chi connectivity index (χ2n) is 4.30. The monoisotopic (exact) mass is 223 g/mol. The van der Waals surface area contributed by atoms with E-state index in [2.05, 4.69) is 0 Å². The molecule has 4 nitrogen and oxygen atoms in total. The second kappa shape index (κ2) is 4.93. The van der Waals surface area contributed by atoms with Crippen molar-refractivity contribution >= 4 is 0 Å². The van der Waals surface area contributed by atoms with Gasteiger partial charge in [0.25, 0.3) is 0 Å². The molecule has 1 heterocycles. The van der Waals surface area contributed by atoms with Crippen LogP contribution >= 0.6 is 0 Å². The van der Waals surface area contributed by atoms with Crippen LogP contribution in [0.25, 0.3) is 0 Å². The molecule has 1 aromatic rings. The van der Waals surface area contributed by atoms with Gasteiger partial charge in [-0.25, -0.2) is 0 Å². The topological polar surface area (TPSA) is 63.9 Å². The third kappa shape index (κ3) is 2.59. The van der Waals surface area contributed by atoms with Crippen molar-refractivity contribution in [3.8, 4) is 0 Å². The third-order valence-corrected chi connectivity index (χ3v) is 2.93. The molecule has 0 saturated carbocycles. The molecule has 0 aliphatic carbocycles. The van der Waals surface area contributed by atoms with Gasteiger partial charge in [0.2, 0.25) is 0 Å². The molecule has 2 unspecified atom stereocenters. The fourth-order valence-electron chi connectivity index (χ4n) is 2.05. The standard InChI is InChI=1S/C12H17NO3/c14-10-7-13(8-11(15)12(10)16)6-9-4-2-1-3-5-9/h1-5,10-12,14-16H,6-8H2. The van der Waals surface area contributed by atoms with Crippen molar-refractivity contribution in [1.82, 2.24) is 4.90 Å². The molecule has 16 heavy (non-hydrogen) atoms. The Morgan fingerprint density at radius 1 is 1.00 bits per heavy atom. The third-order valence-electron chi connectivity index (χ3n) is 2.93. The lowest BCUT2D eigenvalue weighted by molar-refractivity contribution is -0.111. The first-order chi connectivity index (χ1) is 7.66. The van der Waals surface area contributed by atoms with Crippen LogP contribution in [0.5, 0.6) is 0 Å². The first-order valence-electron chi connectivity index (χ1n) is 5.47. The number of β-amino-alcohol motifs (C(OH)–C–C–N with tert-alkyl or cyclic N) is 2. The van der Waals surface area contributed by atoms with Crippen LogP contribution in [0.1, 0.15) is 5.56 Å². The molecule has 0 bridgehead atoms. The Morgan fingerprint density at radius 3 is 2.12 bits per heavy atom. The summed E-state index contributed by atoms with van der Waals surface area (Å²) in [5, 5.41) is 28.5. The molecule has 1 saturated heterocycles. The van der Waals surface area contributed by atoms with E-state index in [0.29, 0.717) is 19.6 Å². The van der Waals surface area contributed by atoms with Crippen LogP contribution in [0.2, 0.25) is 0 Å². The molecular weight excluding hydrogens is 206 g/mol. The molecule has 88 valence electrons. The Bertz CT molecular complexity index is 318. The lowest BCUT2D eigenvalue weighted by Crippen LogP contribution is -2.54. The summed E-state index contributed by atoms with van der Waals surface area (Å²) in [6, 6.07) is 9.88. The Hall–Kier alpha value is -0.940. The average Bonchev–Trinajstić information content (AvgIpc) is 2.27. The van der Waals surface area contributed by atoms with Crippen molar-refractivity contribution in [3.63, 3.8) is 0 Å². The van der Waals surface area contributed by atoms with Gasteiger partial charge in [-0.1, -0.05) is 30.3 Å². The molecule has 1 aliphatic rings. The van der Waals surface area contributed by atoms with E-state index in [1.54, 1.807) is 0 Å². The molecule has 2 rings (SSSR count). The van der Waals surface area contributed by atoms with E-state index in [1.807, 2.05) is 35.2 Å². The molecule has 0 amide bonds. The lowest BCUT2D eigenvalue weighted by Gasteiger charge is -2.36. The van der Waals surface area contributed by atoms with Crippen LogP contribution in [0, 0.1) is 0 Å². The molecular formula is C12H17NO3. The summed E-state index contributed by atoms with van der Waals surface area (Å²) in [5.41, 5.74) is 1.14. The Morgan fingerprint density at radius 2 is 1.56 bits per heavy atom. The number of likely N-dealkylation sites (tertiary alicyclic amines) is 1. The largest absolute Gasteiger partial charge is 0.389 e. The number of hydrogen-bond donors (Lipinski definition) is 3. The fourth-order valence-corrected chi connectivity index (χ4v) is 2.05. The highest BCUT2D eigenvalue weighted by molar-refractivity contribution is 5.14. The molecule has 2 atom stereocenters. The Balaban J connectivity index is 1.97. The van der Waals surface area contributed by atoms with Crippen molar-refractivity contribution in [1.29, 1.82) is 0 Å². The maximum atomic E-state index is 9.54. The zero-order valence-corrected chi connectivity index (χ0v) is 9.03. The summed E-state index contributed by atoms with van der Waals surface area (Å²) in [6.45, 7) is 1.47. The van der Waals surface area contributed by atoms with E-state index in [4.69, 9.17) is 0 Å². The van der Waals surface area contributed by atoms with Crippen molar-refractivity contribution in [2.75, 3.05) is 13.1 Å². The van der Waals surface area contributed by atoms with Crippen LogP contribution in [-0.4, -0.2) is 51.6 Å². The van der Waals surface area contributed by atoms with E-state index in [9.17, 15) is 15.3 Å². The minimum absolute atomic E-state index is 0.396. The van der Waals surface area contributed by atoms with E-state index < -0.39 is 18.3 Å². The number of rotatable bonds is 2. The number of aliphatic hydroxyl groups is 3. The van der Waals surface area contributed by atoms with Gasteiger partial charge in [0.1, 0.15) is 6.10 Å². The van der Waals surface area contributed by atoms with E-state index >= 15 is 0 Å². The second-order valence-corrected chi connectivity index (χ2v) is 4.30. The molecule has 4 heteroatoms. The van der Waals surface area contributed by atoms with E-state index in [-0.39, 0.29) is 0 Å².